The summed E-state index contributed by atoms with van der Waals surface area (Å²) in [6, 6.07) is 34.0. The topological polar surface area (TPSA) is 33.2 Å². The van der Waals surface area contributed by atoms with E-state index in [1.807, 2.05) is 18.0 Å². The highest BCUT2D eigenvalue weighted by molar-refractivity contribution is 5.85. The lowest BCUT2D eigenvalue weighted by Gasteiger charge is -2.34. The summed E-state index contributed by atoms with van der Waals surface area (Å²) >= 11 is 0. The maximum absolute atomic E-state index is 13.0. The van der Waals surface area contributed by atoms with Crippen molar-refractivity contribution in [1.29, 1.82) is 0 Å². The molecule has 2 unspecified atom stereocenters. The predicted octanol–water partition coefficient (Wildman–Crippen LogP) is 8.32. The van der Waals surface area contributed by atoms with E-state index in [2.05, 4.69) is 121 Å². The Hall–Kier alpha value is -4.24. The molecular formula is C35H34N2O. The molecule has 5 aromatic rings. The maximum Gasteiger partial charge on any atom is 0.220 e. The number of carbonyl (C=O) groups is 1. The molecule has 0 fully saturated rings. The molecule has 2 atom stereocenters. The van der Waals surface area contributed by atoms with Crippen molar-refractivity contribution >= 4 is 33.5 Å². The maximum atomic E-state index is 13.0. The van der Waals surface area contributed by atoms with Crippen LogP contribution in [0.15, 0.2) is 109 Å². The van der Waals surface area contributed by atoms with Crippen molar-refractivity contribution < 1.29 is 4.79 Å². The Balaban J connectivity index is 1.41. The van der Waals surface area contributed by atoms with Crippen molar-refractivity contribution in [3.63, 3.8) is 0 Å². The monoisotopic (exact) mass is 498 g/mol. The molecule has 0 aliphatic rings. The van der Waals surface area contributed by atoms with Gasteiger partial charge in [0.1, 0.15) is 0 Å². The lowest BCUT2D eigenvalue weighted by atomic mass is 9.88. The van der Waals surface area contributed by atoms with Gasteiger partial charge in [0.25, 0.3) is 0 Å². The van der Waals surface area contributed by atoms with Crippen molar-refractivity contribution in [2.75, 3.05) is 0 Å². The molecule has 0 aliphatic heterocycles. The van der Waals surface area contributed by atoms with Crippen LogP contribution in [0.5, 0.6) is 0 Å². The largest absolute Gasteiger partial charge is 0.335 e. The van der Waals surface area contributed by atoms with E-state index in [0.717, 1.165) is 23.2 Å². The molecule has 5 rings (SSSR count). The molecule has 0 bridgehead atoms. The van der Waals surface area contributed by atoms with Crippen molar-refractivity contribution in [3.05, 3.63) is 132 Å². The number of hydrogen-bond acceptors (Lipinski definition) is 2. The zero-order chi connectivity index (χ0) is 26.5. The van der Waals surface area contributed by atoms with Gasteiger partial charge < -0.3 is 4.90 Å². The van der Waals surface area contributed by atoms with Crippen LogP contribution in [0.3, 0.4) is 0 Å². The highest BCUT2D eigenvalue weighted by atomic mass is 16.2. The number of aryl methyl sites for hydroxylation is 1. The molecule has 0 aliphatic carbocycles. The number of aromatic nitrogens is 1. The lowest BCUT2D eigenvalue weighted by Crippen LogP contribution is -2.40. The third-order valence-electron chi connectivity index (χ3n) is 7.48. The Labute approximate surface area is 225 Å². The summed E-state index contributed by atoms with van der Waals surface area (Å²) in [6.07, 6.45) is 7.20. The minimum absolute atomic E-state index is 0.00951. The van der Waals surface area contributed by atoms with E-state index in [1.54, 1.807) is 6.92 Å². The zero-order valence-corrected chi connectivity index (χ0v) is 22.3. The fourth-order valence-corrected chi connectivity index (χ4v) is 5.27. The van der Waals surface area contributed by atoms with Crippen molar-refractivity contribution in [3.8, 4) is 0 Å². The minimum Gasteiger partial charge on any atom is -0.335 e. The van der Waals surface area contributed by atoms with Crippen LogP contribution in [0.25, 0.3) is 27.6 Å². The van der Waals surface area contributed by atoms with Crippen LogP contribution < -0.4 is 0 Å². The summed E-state index contributed by atoms with van der Waals surface area (Å²) in [7, 11) is 0. The van der Waals surface area contributed by atoms with Crippen LogP contribution in [0.2, 0.25) is 0 Å². The summed E-state index contributed by atoms with van der Waals surface area (Å²) in [5.41, 5.74) is 4.46. The second kappa shape index (κ2) is 11.4. The highest BCUT2D eigenvalue weighted by Gasteiger charge is 2.26. The Bertz CT molecular complexity index is 1590. The number of allylic oxidation sites excluding steroid dienone is 1. The molecule has 0 radical (unpaired) electrons. The van der Waals surface area contributed by atoms with E-state index in [9.17, 15) is 4.79 Å². The van der Waals surface area contributed by atoms with E-state index >= 15 is 0 Å². The second-order valence-electron chi connectivity index (χ2n) is 10.2. The standard InChI is InChI=1S/C35H34N2O/c1-25-15-18-34(23-36-25)35(14-8-9-28-16-19-30-10-4-6-12-32(30)21-28)26(2)37(27(3)38)24-29-17-20-31-11-5-7-13-33(31)22-29/h4-13,15-23,26,35H,14,24H2,1-3H3. The third kappa shape index (κ3) is 5.84. The molecule has 0 saturated heterocycles. The van der Waals surface area contributed by atoms with Gasteiger partial charge in [-0.25, -0.2) is 0 Å². The number of amides is 1. The molecule has 3 nitrogen and oxygen atoms in total. The van der Waals surface area contributed by atoms with E-state index in [1.165, 1.54) is 27.1 Å². The van der Waals surface area contributed by atoms with Gasteiger partial charge in [0.05, 0.1) is 0 Å². The molecule has 0 spiro atoms. The van der Waals surface area contributed by atoms with Crippen LogP contribution in [-0.2, 0) is 11.3 Å². The normalized spacial score (nSPS) is 13.1. The zero-order valence-electron chi connectivity index (χ0n) is 22.3. The molecule has 4 aromatic carbocycles. The molecule has 1 heterocycles. The van der Waals surface area contributed by atoms with Crippen LogP contribution in [0.4, 0.5) is 0 Å². The van der Waals surface area contributed by atoms with Gasteiger partial charge >= 0.3 is 0 Å². The number of hydrogen-bond donors (Lipinski definition) is 0. The molecule has 1 aromatic heterocycles. The first-order valence-electron chi connectivity index (χ1n) is 13.3. The summed E-state index contributed by atoms with van der Waals surface area (Å²) in [5, 5.41) is 4.88. The molecular weight excluding hydrogens is 464 g/mol. The first kappa shape index (κ1) is 25.4. The minimum atomic E-state index is -0.00951. The smallest absolute Gasteiger partial charge is 0.220 e. The van der Waals surface area contributed by atoms with Gasteiger partial charge in [-0.3, -0.25) is 9.78 Å². The fraction of sp³-hybridized carbons (Fsp3) is 0.200. The number of rotatable bonds is 8. The lowest BCUT2D eigenvalue weighted by molar-refractivity contribution is -0.132. The molecule has 1 amide bonds. The van der Waals surface area contributed by atoms with Crippen LogP contribution in [0.1, 0.15) is 48.6 Å². The molecule has 3 heteroatoms. The Morgan fingerprint density at radius 2 is 1.50 bits per heavy atom. The summed E-state index contributed by atoms with van der Waals surface area (Å²) in [4.78, 5) is 19.5. The van der Waals surface area contributed by atoms with Crippen LogP contribution in [-0.4, -0.2) is 21.8 Å². The van der Waals surface area contributed by atoms with E-state index < -0.39 is 0 Å². The molecule has 38 heavy (non-hydrogen) atoms. The first-order valence-corrected chi connectivity index (χ1v) is 13.3. The van der Waals surface area contributed by atoms with Crippen molar-refractivity contribution in [2.45, 2.75) is 45.7 Å². The average molecular weight is 499 g/mol. The average Bonchev–Trinajstić information content (AvgIpc) is 2.94. The Kier molecular flexibility index (Phi) is 7.65. The quantitative estimate of drug-likeness (QED) is 0.215. The van der Waals surface area contributed by atoms with Crippen molar-refractivity contribution in [1.82, 2.24) is 9.88 Å². The number of fused-ring (bicyclic) bond motifs is 2. The number of benzene rings is 4. The second-order valence-corrected chi connectivity index (χ2v) is 10.2. The predicted molar refractivity (Wildman–Crippen MR) is 159 cm³/mol. The Morgan fingerprint density at radius 3 is 2.16 bits per heavy atom. The van der Waals surface area contributed by atoms with E-state index in [4.69, 9.17) is 0 Å². The van der Waals surface area contributed by atoms with E-state index in [0.29, 0.717) is 6.54 Å². The summed E-state index contributed by atoms with van der Waals surface area (Å²) in [5.74, 6) is 0.193. The summed E-state index contributed by atoms with van der Waals surface area (Å²) < 4.78 is 0. The summed E-state index contributed by atoms with van der Waals surface area (Å²) in [6.45, 7) is 6.42. The van der Waals surface area contributed by atoms with Gasteiger partial charge in [0, 0.05) is 37.3 Å². The van der Waals surface area contributed by atoms with Crippen LogP contribution >= 0.6 is 0 Å². The highest BCUT2D eigenvalue weighted by Crippen LogP contribution is 2.30. The molecule has 0 saturated carbocycles. The van der Waals surface area contributed by atoms with Gasteiger partial charge in [-0.15, -0.1) is 0 Å². The SMILES string of the molecule is CC(=O)N(Cc1ccc2ccccc2c1)C(C)C(CC=Cc1ccc2ccccc2c1)c1ccc(C)nc1. The molecule has 190 valence electrons. The van der Waals surface area contributed by atoms with Crippen molar-refractivity contribution in [2.24, 2.45) is 0 Å². The fourth-order valence-electron chi connectivity index (χ4n) is 5.27. The van der Waals surface area contributed by atoms with Gasteiger partial charge in [-0.1, -0.05) is 91.0 Å². The number of carbonyl (C=O) groups excluding carboxylic acids is 1. The third-order valence-corrected chi connectivity index (χ3v) is 7.48. The van der Waals surface area contributed by atoms with Gasteiger partial charge in [-0.2, -0.15) is 0 Å². The number of pyridine rings is 1. The van der Waals surface area contributed by atoms with Gasteiger partial charge in [-0.05, 0) is 76.7 Å². The van der Waals surface area contributed by atoms with Gasteiger partial charge in [0.15, 0.2) is 0 Å². The van der Waals surface area contributed by atoms with E-state index in [-0.39, 0.29) is 17.9 Å². The molecule has 0 N–H and O–H groups in total. The Morgan fingerprint density at radius 1 is 0.842 bits per heavy atom. The van der Waals surface area contributed by atoms with Gasteiger partial charge in [0.2, 0.25) is 5.91 Å². The van der Waals surface area contributed by atoms with Crippen LogP contribution in [0, 0.1) is 6.92 Å². The number of nitrogens with zero attached hydrogens (tertiary/aromatic N) is 2. The first-order chi connectivity index (χ1) is 18.5.